The Balaban J connectivity index is 2.38. The molecule has 0 bridgehead atoms. The maximum absolute atomic E-state index is 12.2. The Labute approximate surface area is 128 Å². The summed E-state index contributed by atoms with van der Waals surface area (Å²) in [6, 6.07) is 0.497. The van der Waals surface area contributed by atoms with Crippen molar-refractivity contribution in [1.29, 1.82) is 0 Å². The number of aliphatic carboxylic acids is 1. The Morgan fingerprint density at radius 2 is 1.90 bits per heavy atom. The summed E-state index contributed by atoms with van der Waals surface area (Å²) in [5, 5.41) is 12.2. The van der Waals surface area contributed by atoms with Gasteiger partial charge in [0, 0.05) is 12.6 Å². The first-order chi connectivity index (χ1) is 9.86. The molecule has 0 saturated heterocycles. The highest BCUT2D eigenvalue weighted by molar-refractivity contribution is 5.85. The van der Waals surface area contributed by atoms with Crippen molar-refractivity contribution in [1.82, 2.24) is 10.2 Å². The van der Waals surface area contributed by atoms with Crippen molar-refractivity contribution in [2.45, 2.75) is 52.5 Å². The number of carbonyl (C=O) groups excluding carboxylic acids is 1. The number of carboxylic acids is 1. The molecule has 0 radical (unpaired) electrons. The molecule has 0 aliphatic heterocycles. The van der Waals surface area contributed by atoms with Gasteiger partial charge in [0.1, 0.15) is 0 Å². The minimum absolute atomic E-state index is 0.0782. The lowest BCUT2D eigenvalue weighted by molar-refractivity contribution is -0.146. The number of carboxylic acid groups (broad SMARTS) is 1. The van der Waals surface area contributed by atoms with Crippen molar-refractivity contribution in [2.75, 3.05) is 20.1 Å². The fourth-order valence-corrected chi connectivity index (χ4v) is 2.97. The molecule has 5 heteroatoms. The first-order valence-electron chi connectivity index (χ1n) is 8.07. The molecule has 0 spiro atoms. The van der Waals surface area contributed by atoms with Crippen LogP contribution in [0.3, 0.4) is 0 Å². The maximum atomic E-state index is 12.2. The molecule has 1 aliphatic rings. The second-order valence-electron chi connectivity index (χ2n) is 6.52. The van der Waals surface area contributed by atoms with Gasteiger partial charge < -0.3 is 15.3 Å². The molecular weight excluding hydrogens is 268 g/mol. The topological polar surface area (TPSA) is 69.6 Å². The lowest BCUT2D eigenvalue weighted by Gasteiger charge is -2.21. The smallest absolute Gasteiger partial charge is 0.307 e. The van der Waals surface area contributed by atoms with Crippen molar-refractivity contribution < 1.29 is 14.7 Å². The van der Waals surface area contributed by atoms with Crippen molar-refractivity contribution in [3.63, 3.8) is 0 Å². The van der Waals surface area contributed by atoms with Crippen molar-refractivity contribution in [3.05, 3.63) is 0 Å². The molecule has 1 fully saturated rings. The summed E-state index contributed by atoms with van der Waals surface area (Å²) in [6.07, 6.45) is 3.19. The third kappa shape index (κ3) is 5.30. The van der Waals surface area contributed by atoms with E-state index in [1.807, 2.05) is 0 Å². The fourth-order valence-electron chi connectivity index (χ4n) is 2.97. The van der Waals surface area contributed by atoms with Crippen LogP contribution in [0.2, 0.25) is 0 Å². The van der Waals surface area contributed by atoms with E-state index in [-0.39, 0.29) is 11.8 Å². The van der Waals surface area contributed by atoms with E-state index >= 15 is 0 Å². The molecule has 0 aromatic rings. The van der Waals surface area contributed by atoms with Gasteiger partial charge in [0.05, 0.1) is 11.8 Å². The van der Waals surface area contributed by atoms with E-state index in [0.29, 0.717) is 31.3 Å². The zero-order valence-electron chi connectivity index (χ0n) is 13.8. The molecule has 1 aliphatic carbocycles. The molecule has 122 valence electrons. The molecule has 21 heavy (non-hydrogen) atoms. The van der Waals surface area contributed by atoms with Gasteiger partial charge in [0.2, 0.25) is 5.91 Å². The zero-order valence-corrected chi connectivity index (χ0v) is 13.8. The molecule has 5 nitrogen and oxygen atoms in total. The van der Waals surface area contributed by atoms with Gasteiger partial charge in [-0.05, 0) is 52.6 Å². The average Bonchev–Trinajstić information content (AvgIpc) is 2.87. The summed E-state index contributed by atoms with van der Waals surface area (Å²) < 4.78 is 0. The van der Waals surface area contributed by atoms with Crippen molar-refractivity contribution in [3.8, 4) is 0 Å². The van der Waals surface area contributed by atoms with E-state index in [0.717, 1.165) is 19.4 Å². The Kier molecular flexibility index (Phi) is 7.15. The molecule has 1 unspecified atom stereocenters. The standard InChI is InChI=1S/C16H30N2O3/c1-5-12-9-13(14(10-12)16(20)21)15(19)17-7-6-8-18(4)11(2)3/h11-14H,5-10H2,1-4H3,(H,17,19)(H,20,21)/t12?,13-,14+/m0/s1. The molecular formula is C16H30N2O3. The van der Waals surface area contributed by atoms with Gasteiger partial charge in [-0.25, -0.2) is 0 Å². The molecule has 1 rings (SSSR count). The third-order valence-electron chi connectivity index (χ3n) is 4.76. The summed E-state index contributed by atoms with van der Waals surface area (Å²) in [7, 11) is 2.07. The minimum Gasteiger partial charge on any atom is -0.481 e. The van der Waals surface area contributed by atoms with E-state index in [1.165, 1.54) is 0 Å². The SMILES string of the molecule is CCC1C[C@H](C(=O)NCCCN(C)C(C)C)[C@H](C(=O)O)C1. The van der Waals surface area contributed by atoms with Gasteiger partial charge >= 0.3 is 5.97 Å². The second kappa shape index (κ2) is 8.37. The number of rotatable bonds is 8. The monoisotopic (exact) mass is 298 g/mol. The van der Waals surface area contributed by atoms with E-state index in [4.69, 9.17) is 0 Å². The largest absolute Gasteiger partial charge is 0.481 e. The predicted octanol–water partition coefficient (Wildman–Crippen LogP) is 1.97. The normalized spacial score (nSPS) is 25.5. The molecule has 1 saturated carbocycles. The zero-order chi connectivity index (χ0) is 16.0. The minimum atomic E-state index is -0.828. The van der Waals surface area contributed by atoms with Crippen molar-refractivity contribution >= 4 is 11.9 Å². The van der Waals surface area contributed by atoms with Crippen LogP contribution >= 0.6 is 0 Å². The van der Waals surface area contributed by atoms with Gasteiger partial charge in [-0.2, -0.15) is 0 Å². The number of amides is 1. The highest BCUT2D eigenvalue weighted by Crippen LogP contribution is 2.38. The summed E-state index contributed by atoms with van der Waals surface area (Å²) >= 11 is 0. The quantitative estimate of drug-likeness (QED) is 0.672. The lowest BCUT2D eigenvalue weighted by Crippen LogP contribution is -2.37. The van der Waals surface area contributed by atoms with Gasteiger partial charge in [-0.15, -0.1) is 0 Å². The summed E-state index contributed by atoms with van der Waals surface area (Å²) in [4.78, 5) is 25.7. The van der Waals surface area contributed by atoms with Crippen LogP contribution in [0.15, 0.2) is 0 Å². The van der Waals surface area contributed by atoms with E-state index < -0.39 is 11.9 Å². The summed E-state index contributed by atoms with van der Waals surface area (Å²) in [5.41, 5.74) is 0. The van der Waals surface area contributed by atoms with E-state index in [9.17, 15) is 14.7 Å². The van der Waals surface area contributed by atoms with Gasteiger partial charge in [0.25, 0.3) is 0 Å². The fraction of sp³-hybridized carbons (Fsp3) is 0.875. The Morgan fingerprint density at radius 1 is 1.29 bits per heavy atom. The number of hydrogen-bond acceptors (Lipinski definition) is 3. The Bertz CT molecular complexity index is 357. The van der Waals surface area contributed by atoms with Crippen LogP contribution < -0.4 is 5.32 Å². The molecule has 0 aromatic heterocycles. The van der Waals surface area contributed by atoms with Crippen LogP contribution in [-0.2, 0) is 9.59 Å². The average molecular weight is 298 g/mol. The number of nitrogens with one attached hydrogen (secondary N) is 1. The molecule has 0 aromatic carbocycles. The van der Waals surface area contributed by atoms with Crippen LogP contribution in [0.1, 0.15) is 46.5 Å². The molecule has 1 amide bonds. The number of hydrogen-bond donors (Lipinski definition) is 2. The van der Waals surface area contributed by atoms with Crippen LogP contribution in [0, 0.1) is 17.8 Å². The third-order valence-corrected chi connectivity index (χ3v) is 4.76. The maximum Gasteiger partial charge on any atom is 0.307 e. The highest BCUT2D eigenvalue weighted by atomic mass is 16.4. The van der Waals surface area contributed by atoms with E-state index in [2.05, 4.69) is 38.0 Å². The molecule has 0 heterocycles. The first-order valence-corrected chi connectivity index (χ1v) is 8.07. The second-order valence-corrected chi connectivity index (χ2v) is 6.52. The number of carbonyl (C=O) groups is 2. The van der Waals surface area contributed by atoms with Crippen LogP contribution in [0.5, 0.6) is 0 Å². The van der Waals surface area contributed by atoms with Gasteiger partial charge in [-0.1, -0.05) is 13.3 Å². The Morgan fingerprint density at radius 3 is 2.43 bits per heavy atom. The highest BCUT2D eigenvalue weighted by Gasteiger charge is 2.41. The van der Waals surface area contributed by atoms with Crippen LogP contribution in [-0.4, -0.2) is 48.1 Å². The summed E-state index contributed by atoms with van der Waals surface area (Å²) in [6.45, 7) is 7.89. The summed E-state index contributed by atoms with van der Waals surface area (Å²) in [5.74, 6) is -1.39. The molecule has 2 N–H and O–H groups in total. The van der Waals surface area contributed by atoms with Crippen LogP contribution in [0.4, 0.5) is 0 Å². The van der Waals surface area contributed by atoms with E-state index in [1.54, 1.807) is 0 Å². The van der Waals surface area contributed by atoms with Crippen LogP contribution in [0.25, 0.3) is 0 Å². The predicted molar refractivity (Wildman–Crippen MR) is 83.0 cm³/mol. The number of nitrogens with zero attached hydrogens (tertiary/aromatic N) is 1. The first kappa shape index (κ1) is 18.0. The lowest BCUT2D eigenvalue weighted by atomic mass is 9.95. The van der Waals surface area contributed by atoms with Gasteiger partial charge in [0.15, 0.2) is 0 Å². The molecule has 3 atom stereocenters. The Hall–Kier alpha value is -1.10. The van der Waals surface area contributed by atoms with Crippen molar-refractivity contribution in [2.24, 2.45) is 17.8 Å². The van der Waals surface area contributed by atoms with Gasteiger partial charge in [-0.3, -0.25) is 9.59 Å².